The van der Waals surface area contributed by atoms with Crippen molar-refractivity contribution in [3.05, 3.63) is 29.0 Å². The second-order valence-corrected chi connectivity index (χ2v) is 5.83. The lowest BCUT2D eigenvalue weighted by Crippen LogP contribution is -2.41. The van der Waals surface area contributed by atoms with E-state index in [9.17, 15) is 5.11 Å². The van der Waals surface area contributed by atoms with Crippen molar-refractivity contribution in [2.45, 2.75) is 31.0 Å². The van der Waals surface area contributed by atoms with Crippen LogP contribution < -0.4 is 0 Å². The van der Waals surface area contributed by atoms with Gasteiger partial charge in [-0.3, -0.25) is 0 Å². The summed E-state index contributed by atoms with van der Waals surface area (Å²) in [6, 6.07) is 3.56. The van der Waals surface area contributed by atoms with Crippen LogP contribution >= 0.6 is 11.6 Å². The van der Waals surface area contributed by atoms with Crippen LogP contribution in [0.25, 0.3) is 0 Å². The fourth-order valence-electron chi connectivity index (χ4n) is 3.07. The zero-order valence-electron chi connectivity index (χ0n) is 10.7. The maximum atomic E-state index is 10.5. The molecule has 3 unspecified atom stereocenters. The Morgan fingerprint density at radius 2 is 2.37 bits per heavy atom. The molecule has 0 amide bonds. The van der Waals surface area contributed by atoms with Crippen LogP contribution in [0.2, 0.25) is 5.15 Å². The third kappa shape index (κ3) is 2.77. The van der Waals surface area contributed by atoms with Gasteiger partial charge in [-0.25, -0.2) is 4.98 Å². The van der Waals surface area contributed by atoms with Gasteiger partial charge >= 0.3 is 0 Å². The van der Waals surface area contributed by atoms with E-state index in [1.807, 2.05) is 6.07 Å². The number of rotatable bonds is 2. The SMILES string of the molecule is OC(c1ccnc(Cl)c1)C1CCOC2(CCOC2)C1. The first-order valence-corrected chi connectivity index (χ1v) is 7.08. The average Bonchev–Trinajstić information content (AvgIpc) is 2.86. The number of aliphatic hydroxyl groups is 1. The molecule has 0 aromatic carbocycles. The zero-order valence-corrected chi connectivity index (χ0v) is 11.5. The van der Waals surface area contributed by atoms with Crippen LogP contribution in [0.3, 0.4) is 0 Å². The number of aromatic nitrogens is 1. The summed E-state index contributed by atoms with van der Waals surface area (Å²) in [4.78, 5) is 3.95. The summed E-state index contributed by atoms with van der Waals surface area (Å²) in [5, 5.41) is 10.9. The normalized spacial score (nSPS) is 32.6. The molecule has 3 heterocycles. The van der Waals surface area contributed by atoms with Crippen LogP contribution in [0.15, 0.2) is 18.3 Å². The molecule has 1 spiro atoms. The van der Waals surface area contributed by atoms with Crippen LogP contribution in [0, 0.1) is 5.92 Å². The summed E-state index contributed by atoms with van der Waals surface area (Å²) in [7, 11) is 0. The maximum absolute atomic E-state index is 10.5. The fourth-order valence-corrected chi connectivity index (χ4v) is 3.25. The Bertz CT molecular complexity index is 448. The molecule has 19 heavy (non-hydrogen) atoms. The number of ether oxygens (including phenoxy) is 2. The molecule has 2 aliphatic heterocycles. The Morgan fingerprint density at radius 1 is 1.47 bits per heavy atom. The topological polar surface area (TPSA) is 51.6 Å². The molecular weight excluding hydrogens is 266 g/mol. The van der Waals surface area contributed by atoms with Crippen LogP contribution in [-0.4, -0.2) is 35.5 Å². The lowest BCUT2D eigenvalue weighted by molar-refractivity contribution is -0.117. The standard InChI is InChI=1S/C14H18ClNO3/c15-12-7-10(1-4-16-12)13(17)11-2-5-19-14(8-11)3-6-18-9-14/h1,4,7,11,13,17H,2-3,5-6,8-9H2. The van der Waals surface area contributed by atoms with Gasteiger partial charge in [0.15, 0.2) is 0 Å². The van der Waals surface area contributed by atoms with Crippen molar-refractivity contribution in [3.8, 4) is 0 Å². The van der Waals surface area contributed by atoms with Gasteiger partial charge in [-0.05, 0) is 36.5 Å². The van der Waals surface area contributed by atoms with E-state index in [0.717, 1.165) is 31.4 Å². The number of hydrogen-bond donors (Lipinski definition) is 1. The second kappa shape index (κ2) is 5.37. The third-order valence-corrected chi connectivity index (χ3v) is 4.34. The van der Waals surface area contributed by atoms with Crippen LogP contribution in [0.4, 0.5) is 0 Å². The van der Waals surface area contributed by atoms with Crippen molar-refractivity contribution in [2.75, 3.05) is 19.8 Å². The summed E-state index contributed by atoms with van der Waals surface area (Å²) in [5.74, 6) is 0.189. The second-order valence-electron chi connectivity index (χ2n) is 5.44. The molecular formula is C14H18ClNO3. The van der Waals surface area contributed by atoms with E-state index in [-0.39, 0.29) is 11.5 Å². The molecule has 5 heteroatoms. The van der Waals surface area contributed by atoms with Gasteiger partial charge in [-0.1, -0.05) is 11.6 Å². The average molecular weight is 284 g/mol. The van der Waals surface area contributed by atoms with Crippen LogP contribution in [0.1, 0.15) is 30.9 Å². The molecule has 3 rings (SSSR count). The molecule has 2 saturated heterocycles. The first-order chi connectivity index (χ1) is 9.19. The highest BCUT2D eigenvalue weighted by molar-refractivity contribution is 6.29. The minimum Gasteiger partial charge on any atom is -0.388 e. The van der Waals surface area contributed by atoms with E-state index in [2.05, 4.69) is 4.98 Å². The minimum absolute atomic E-state index is 0.180. The minimum atomic E-state index is -0.512. The van der Waals surface area contributed by atoms with Gasteiger partial charge in [0.1, 0.15) is 5.15 Å². The van der Waals surface area contributed by atoms with E-state index in [0.29, 0.717) is 18.4 Å². The van der Waals surface area contributed by atoms with Gasteiger partial charge < -0.3 is 14.6 Å². The van der Waals surface area contributed by atoms with Gasteiger partial charge in [0.2, 0.25) is 0 Å². The largest absolute Gasteiger partial charge is 0.388 e. The Hall–Kier alpha value is -0.680. The molecule has 4 nitrogen and oxygen atoms in total. The van der Waals surface area contributed by atoms with Gasteiger partial charge in [0.25, 0.3) is 0 Å². The van der Waals surface area contributed by atoms with E-state index in [4.69, 9.17) is 21.1 Å². The molecule has 3 atom stereocenters. The van der Waals surface area contributed by atoms with E-state index < -0.39 is 6.10 Å². The number of hydrogen-bond acceptors (Lipinski definition) is 4. The molecule has 0 aliphatic carbocycles. The Morgan fingerprint density at radius 3 is 3.11 bits per heavy atom. The molecule has 0 radical (unpaired) electrons. The monoisotopic (exact) mass is 283 g/mol. The van der Waals surface area contributed by atoms with Crippen molar-refractivity contribution >= 4 is 11.6 Å². The molecule has 2 fully saturated rings. The van der Waals surface area contributed by atoms with Crippen molar-refractivity contribution in [1.82, 2.24) is 4.98 Å². The Balaban J connectivity index is 1.74. The molecule has 1 N–H and O–H groups in total. The molecule has 0 saturated carbocycles. The number of nitrogens with zero attached hydrogens (tertiary/aromatic N) is 1. The lowest BCUT2D eigenvalue weighted by Gasteiger charge is -2.39. The predicted molar refractivity (Wildman–Crippen MR) is 71.0 cm³/mol. The van der Waals surface area contributed by atoms with Crippen molar-refractivity contribution < 1.29 is 14.6 Å². The Labute approximate surface area is 117 Å². The summed E-state index contributed by atoms with van der Waals surface area (Å²) < 4.78 is 11.3. The van der Waals surface area contributed by atoms with Crippen molar-refractivity contribution in [3.63, 3.8) is 0 Å². The zero-order chi connectivity index (χ0) is 13.3. The molecule has 1 aromatic heterocycles. The lowest BCUT2D eigenvalue weighted by atomic mass is 9.80. The number of pyridine rings is 1. The summed E-state index contributed by atoms with van der Waals surface area (Å²) in [5.41, 5.74) is 0.654. The van der Waals surface area contributed by atoms with Crippen LogP contribution in [-0.2, 0) is 9.47 Å². The Kier molecular flexibility index (Phi) is 3.76. The highest BCUT2D eigenvalue weighted by Gasteiger charge is 2.42. The molecule has 1 aromatic rings. The van der Waals surface area contributed by atoms with Crippen molar-refractivity contribution in [1.29, 1.82) is 0 Å². The quantitative estimate of drug-likeness (QED) is 0.847. The highest BCUT2D eigenvalue weighted by Crippen LogP contribution is 2.41. The predicted octanol–water partition coefficient (Wildman–Crippen LogP) is 2.35. The van der Waals surface area contributed by atoms with E-state index >= 15 is 0 Å². The number of aliphatic hydroxyl groups excluding tert-OH is 1. The first-order valence-electron chi connectivity index (χ1n) is 6.70. The third-order valence-electron chi connectivity index (χ3n) is 4.14. The van der Waals surface area contributed by atoms with Crippen molar-refractivity contribution in [2.24, 2.45) is 5.92 Å². The van der Waals surface area contributed by atoms with Gasteiger partial charge in [-0.2, -0.15) is 0 Å². The van der Waals surface area contributed by atoms with E-state index in [1.165, 1.54) is 0 Å². The van der Waals surface area contributed by atoms with E-state index in [1.54, 1.807) is 12.3 Å². The number of halogens is 1. The summed E-state index contributed by atoms with van der Waals surface area (Å²) in [6.07, 6.45) is 3.75. The molecule has 104 valence electrons. The van der Waals surface area contributed by atoms with Gasteiger partial charge in [0.05, 0.1) is 18.3 Å². The fraction of sp³-hybridized carbons (Fsp3) is 0.643. The molecule has 2 aliphatic rings. The summed E-state index contributed by atoms with van der Waals surface area (Å²) in [6.45, 7) is 2.08. The summed E-state index contributed by atoms with van der Waals surface area (Å²) >= 11 is 5.88. The maximum Gasteiger partial charge on any atom is 0.129 e. The molecule has 0 bridgehead atoms. The smallest absolute Gasteiger partial charge is 0.129 e. The van der Waals surface area contributed by atoms with Crippen LogP contribution in [0.5, 0.6) is 0 Å². The highest BCUT2D eigenvalue weighted by atomic mass is 35.5. The first kappa shape index (κ1) is 13.3. The van der Waals surface area contributed by atoms with Gasteiger partial charge in [0, 0.05) is 25.8 Å². The van der Waals surface area contributed by atoms with Gasteiger partial charge in [-0.15, -0.1) is 0 Å².